The minimum atomic E-state index is -0.371. The zero-order chi connectivity index (χ0) is 8.43. The highest BCUT2D eigenvalue weighted by Crippen LogP contribution is 2.32. The molecule has 0 saturated carbocycles. The molecule has 0 saturated heterocycles. The fourth-order valence-electron chi connectivity index (χ4n) is 0.654. The van der Waals surface area contributed by atoms with Crippen molar-refractivity contribution in [2.75, 3.05) is 0 Å². The molecule has 1 rings (SSSR count). The summed E-state index contributed by atoms with van der Waals surface area (Å²) in [6.07, 6.45) is 0. The van der Waals surface area contributed by atoms with Gasteiger partial charge in [0.15, 0.2) is 0 Å². The Hall–Kier alpha value is -0.420. The van der Waals surface area contributed by atoms with Crippen LogP contribution in [0.1, 0.15) is 16.6 Å². The van der Waals surface area contributed by atoms with Gasteiger partial charge < -0.3 is 0 Å². The Balaban J connectivity index is 2.90. The summed E-state index contributed by atoms with van der Waals surface area (Å²) in [7, 11) is 0. The van der Waals surface area contributed by atoms with Gasteiger partial charge >= 0.3 is 5.00 Å². The first-order valence-electron chi connectivity index (χ1n) is 2.99. The van der Waals surface area contributed by atoms with Crippen molar-refractivity contribution in [3.05, 3.63) is 27.1 Å². The van der Waals surface area contributed by atoms with Gasteiger partial charge in [-0.05, 0) is 13.0 Å². The molecule has 60 valence electrons. The topological polar surface area (TPSA) is 43.1 Å². The van der Waals surface area contributed by atoms with Crippen molar-refractivity contribution in [1.82, 2.24) is 0 Å². The average Bonchev–Trinajstić information content (AvgIpc) is 2.33. The molecule has 5 heteroatoms. The minimum absolute atomic E-state index is 0.196. The summed E-state index contributed by atoms with van der Waals surface area (Å²) in [6.45, 7) is 1.94. The highest BCUT2D eigenvalue weighted by atomic mass is 79.9. The Bertz CT molecular complexity index is 271. The van der Waals surface area contributed by atoms with Gasteiger partial charge in [0.1, 0.15) is 0 Å². The zero-order valence-corrected chi connectivity index (χ0v) is 8.18. The van der Waals surface area contributed by atoms with E-state index in [0.29, 0.717) is 0 Å². The highest BCUT2D eigenvalue weighted by Gasteiger charge is 2.11. The lowest BCUT2D eigenvalue weighted by Gasteiger charge is -1.93. The number of hydrogen-bond acceptors (Lipinski definition) is 3. The molecule has 0 spiro atoms. The lowest BCUT2D eigenvalue weighted by atomic mass is 10.4. The second-order valence-corrected chi connectivity index (χ2v) is 4.52. The first-order valence-corrected chi connectivity index (χ1v) is 4.72. The van der Waals surface area contributed by atoms with Crippen LogP contribution in [-0.2, 0) is 0 Å². The smallest absolute Gasteiger partial charge is 0.258 e. The van der Waals surface area contributed by atoms with Gasteiger partial charge in [0.25, 0.3) is 0 Å². The van der Waals surface area contributed by atoms with Crippen molar-refractivity contribution in [2.24, 2.45) is 0 Å². The van der Waals surface area contributed by atoms with Crippen molar-refractivity contribution in [2.45, 2.75) is 11.8 Å². The molecule has 1 heterocycles. The standard InChI is InChI=1S/C6H6BrNO2S/c1-4(7)5-2-3-6(11-5)8(9)10/h2-4H,1H3. The van der Waals surface area contributed by atoms with Gasteiger partial charge in [-0.25, -0.2) is 0 Å². The molecule has 0 bridgehead atoms. The maximum Gasteiger partial charge on any atom is 0.324 e. The number of thiophene rings is 1. The lowest BCUT2D eigenvalue weighted by Crippen LogP contribution is -1.80. The normalized spacial score (nSPS) is 12.9. The summed E-state index contributed by atoms with van der Waals surface area (Å²) < 4.78 is 0. The number of rotatable bonds is 2. The van der Waals surface area contributed by atoms with Crippen LogP contribution in [0.5, 0.6) is 0 Å². The van der Waals surface area contributed by atoms with Crippen molar-refractivity contribution in [1.29, 1.82) is 0 Å². The lowest BCUT2D eigenvalue weighted by molar-refractivity contribution is -0.380. The van der Waals surface area contributed by atoms with Crippen molar-refractivity contribution in [3.8, 4) is 0 Å². The van der Waals surface area contributed by atoms with Crippen LogP contribution in [0.2, 0.25) is 0 Å². The van der Waals surface area contributed by atoms with Gasteiger partial charge in [-0.3, -0.25) is 10.1 Å². The van der Waals surface area contributed by atoms with E-state index in [-0.39, 0.29) is 14.8 Å². The molecule has 1 unspecified atom stereocenters. The molecule has 0 N–H and O–H groups in total. The zero-order valence-electron chi connectivity index (χ0n) is 5.78. The Kier molecular flexibility index (Phi) is 2.62. The molecule has 1 aromatic rings. The average molecular weight is 236 g/mol. The molecule has 0 aliphatic heterocycles. The van der Waals surface area contributed by atoms with Gasteiger partial charge in [-0.1, -0.05) is 27.3 Å². The van der Waals surface area contributed by atoms with E-state index in [1.807, 2.05) is 6.92 Å². The Morgan fingerprint density at radius 1 is 1.73 bits per heavy atom. The largest absolute Gasteiger partial charge is 0.324 e. The molecule has 1 aromatic heterocycles. The molecule has 3 nitrogen and oxygen atoms in total. The summed E-state index contributed by atoms with van der Waals surface area (Å²) in [5.41, 5.74) is 0. The second-order valence-electron chi connectivity index (χ2n) is 2.05. The maximum atomic E-state index is 10.2. The summed E-state index contributed by atoms with van der Waals surface area (Å²) in [5.74, 6) is 0. The molecule has 1 atom stereocenters. The van der Waals surface area contributed by atoms with E-state index in [1.165, 1.54) is 17.4 Å². The molecular weight excluding hydrogens is 230 g/mol. The van der Waals surface area contributed by atoms with Gasteiger partial charge in [-0.15, -0.1) is 0 Å². The van der Waals surface area contributed by atoms with Gasteiger partial charge in [0, 0.05) is 15.8 Å². The van der Waals surface area contributed by atoms with Crippen LogP contribution in [0, 0.1) is 10.1 Å². The molecule has 0 aliphatic carbocycles. The predicted octanol–water partition coefficient (Wildman–Crippen LogP) is 3.11. The Labute approximate surface area is 76.3 Å². The minimum Gasteiger partial charge on any atom is -0.258 e. The van der Waals surface area contributed by atoms with Crippen molar-refractivity contribution in [3.63, 3.8) is 0 Å². The number of alkyl halides is 1. The van der Waals surface area contributed by atoms with Crippen LogP contribution < -0.4 is 0 Å². The molecule has 0 aromatic carbocycles. The van der Waals surface area contributed by atoms with Gasteiger partial charge in [-0.2, -0.15) is 0 Å². The van der Waals surface area contributed by atoms with E-state index < -0.39 is 0 Å². The van der Waals surface area contributed by atoms with E-state index in [0.717, 1.165) is 4.88 Å². The maximum absolute atomic E-state index is 10.2. The molecule has 0 amide bonds. The van der Waals surface area contributed by atoms with E-state index in [2.05, 4.69) is 15.9 Å². The van der Waals surface area contributed by atoms with E-state index in [1.54, 1.807) is 6.07 Å². The van der Waals surface area contributed by atoms with Crippen molar-refractivity contribution >= 4 is 32.3 Å². The van der Waals surface area contributed by atoms with E-state index >= 15 is 0 Å². The van der Waals surface area contributed by atoms with Gasteiger partial charge in [0.2, 0.25) is 0 Å². The van der Waals surface area contributed by atoms with Crippen molar-refractivity contribution < 1.29 is 4.92 Å². The summed E-state index contributed by atoms with van der Waals surface area (Å²) in [5, 5.41) is 10.4. The van der Waals surface area contributed by atoms with E-state index in [9.17, 15) is 10.1 Å². The van der Waals surface area contributed by atoms with Gasteiger partial charge in [0.05, 0.1) is 4.92 Å². The third kappa shape index (κ3) is 2.00. The van der Waals surface area contributed by atoms with Crippen LogP contribution in [0.3, 0.4) is 0 Å². The number of nitro groups is 1. The monoisotopic (exact) mass is 235 g/mol. The fourth-order valence-corrected chi connectivity index (χ4v) is 1.84. The molecule has 0 aliphatic rings. The summed E-state index contributed by atoms with van der Waals surface area (Å²) in [6, 6.07) is 3.29. The number of hydrogen-bond donors (Lipinski definition) is 0. The summed E-state index contributed by atoms with van der Waals surface area (Å²) >= 11 is 4.54. The Morgan fingerprint density at radius 2 is 2.36 bits per heavy atom. The van der Waals surface area contributed by atoms with Crippen LogP contribution in [0.25, 0.3) is 0 Å². The van der Waals surface area contributed by atoms with Crippen LogP contribution in [-0.4, -0.2) is 4.92 Å². The third-order valence-electron chi connectivity index (χ3n) is 1.18. The fraction of sp³-hybridized carbons (Fsp3) is 0.333. The molecular formula is C6H6BrNO2S. The summed E-state index contributed by atoms with van der Waals surface area (Å²) in [4.78, 5) is 11.0. The SMILES string of the molecule is CC(Br)c1ccc([N+](=O)[O-])s1. The number of nitrogens with zero attached hydrogens (tertiary/aromatic N) is 1. The molecule has 11 heavy (non-hydrogen) atoms. The predicted molar refractivity (Wildman–Crippen MR) is 48.3 cm³/mol. The van der Waals surface area contributed by atoms with Crippen LogP contribution in [0.4, 0.5) is 5.00 Å². The van der Waals surface area contributed by atoms with Crippen LogP contribution >= 0.6 is 27.3 Å². The van der Waals surface area contributed by atoms with E-state index in [4.69, 9.17) is 0 Å². The third-order valence-corrected chi connectivity index (χ3v) is 3.20. The quantitative estimate of drug-likeness (QED) is 0.449. The van der Waals surface area contributed by atoms with Crippen LogP contribution in [0.15, 0.2) is 12.1 Å². The Morgan fingerprint density at radius 3 is 2.64 bits per heavy atom. The highest BCUT2D eigenvalue weighted by molar-refractivity contribution is 9.09. The number of halogens is 1. The first kappa shape index (κ1) is 8.67. The first-order chi connectivity index (χ1) is 5.11. The second kappa shape index (κ2) is 3.32. The molecule has 0 fully saturated rings. The molecule has 0 radical (unpaired) electrons.